The van der Waals surface area contributed by atoms with Gasteiger partial charge in [0.25, 0.3) is 0 Å². The molecule has 0 spiro atoms. The molecule has 144 valence electrons. The highest BCUT2D eigenvalue weighted by Crippen LogP contribution is 2.29. The molecule has 2 aromatic rings. The molecule has 7 nitrogen and oxygen atoms in total. The van der Waals surface area contributed by atoms with Crippen molar-refractivity contribution in [2.45, 2.75) is 26.7 Å². The maximum atomic E-state index is 12.1. The van der Waals surface area contributed by atoms with Crippen LogP contribution in [0.5, 0.6) is 5.75 Å². The molecule has 0 radical (unpaired) electrons. The van der Waals surface area contributed by atoms with Gasteiger partial charge in [0.1, 0.15) is 5.75 Å². The minimum atomic E-state index is -0.127. The molecule has 0 unspecified atom stereocenters. The number of carbonyl (C=O) groups is 1. The van der Waals surface area contributed by atoms with Crippen molar-refractivity contribution < 1.29 is 9.53 Å². The predicted octanol–water partition coefficient (Wildman–Crippen LogP) is 3.43. The zero-order valence-electron chi connectivity index (χ0n) is 15.6. The van der Waals surface area contributed by atoms with Crippen molar-refractivity contribution in [1.82, 2.24) is 15.7 Å². The van der Waals surface area contributed by atoms with Crippen LogP contribution in [-0.2, 0) is 4.79 Å². The number of nitrogens with one attached hydrogen (secondary N) is 2. The number of ether oxygens (including phenoxy) is 1. The minimum Gasteiger partial charge on any atom is -0.497 e. The van der Waals surface area contributed by atoms with Crippen molar-refractivity contribution >= 4 is 51.6 Å². The average Bonchev–Trinajstić information content (AvgIpc) is 3.10. The van der Waals surface area contributed by atoms with E-state index >= 15 is 0 Å². The average molecular weight is 406 g/mol. The summed E-state index contributed by atoms with van der Waals surface area (Å²) in [5, 5.41) is 10.0. The Morgan fingerprint density at radius 3 is 2.78 bits per heavy atom. The number of methoxy groups -OCH3 is 1. The van der Waals surface area contributed by atoms with Gasteiger partial charge in [-0.15, -0.1) is 11.3 Å². The summed E-state index contributed by atoms with van der Waals surface area (Å²) < 4.78 is 5.16. The Kier molecular flexibility index (Phi) is 8.15. The Morgan fingerprint density at radius 2 is 2.15 bits per heavy atom. The van der Waals surface area contributed by atoms with E-state index in [0.717, 1.165) is 30.8 Å². The smallest absolute Gasteiger partial charge is 0.230 e. The van der Waals surface area contributed by atoms with Crippen molar-refractivity contribution in [3.8, 4) is 5.75 Å². The Hall–Kier alpha value is -2.52. The molecule has 27 heavy (non-hydrogen) atoms. The van der Waals surface area contributed by atoms with Gasteiger partial charge in [0.15, 0.2) is 10.2 Å². The second-order valence-corrected chi connectivity index (χ2v) is 6.83. The molecule has 0 aliphatic heterocycles. The summed E-state index contributed by atoms with van der Waals surface area (Å²) in [5.41, 5.74) is 4.12. The maximum absolute atomic E-state index is 12.1. The van der Waals surface area contributed by atoms with Crippen LogP contribution in [0.3, 0.4) is 0 Å². The Morgan fingerprint density at radius 1 is 1.41 bits per heavy atom. The van der Waals surface area contributed by atoms with Crippen molar-refractivity contribution in [3.63, 3.8) is 0 Å². The number of anilines is 2. The highest BCUT2D eigenvalue weighted by molar-refractivity contribution is 7.80. The van der Waals surface area contributed by atoms with Crippen molar-refractivity contribution in [3.05, 3.63) is 35.3 Å². The summed E-state index contributed by atoms with van der Waals surface area (Å²) in [6, 6.07) is 7.24. The first kappa shape index (κ1) is 20.8. The third kappa shape index (κ3) is 6.30. The first-order valence-corrected chi connectivity index (χ1v) is 9.81. The lowest BCUT2D eigenvalue weighted by Gasteiger charge is -2.18. The quantitative estimate of drug-likeness (QED) is 0.303. The third-order valence-electron chi connectivity index (χ3n) is 3.53. The van der Waals surface area contributed by atoms with Crippen molar-refractivity contribution in [1.29, 1.82) is 0 Å². The molecule has 0 atom stereocenters. The van der Waals surface area contributed by atoms with Crippen LogP contribution >= 0.6 is 23.6 Å². The molecule has 2 rings (SSSR count). The van der Waals surface area contributed by atoms with E-state index < -0.39 is 0 Å². The zero-order valence-corrected chi connectivity index (χ0v) is 17.2. The number of thiocarbonyl (C=S) groups is 1. The van der Waals surface area contributed by atoms with Crippen molar-refractivity contribution in [2.75, 3.05) is 18.6 Å². The fraction of sp³-hybridized carbons (Fsp3) is 0.333. The molecule has 1 aromatic heterocycles. The van der Waals surface area contributed by atoms with E-state index in [1.807, 2.05) is 17.5 Å². The van der Waals surface area contributed by atoms with Crippen LogP contribution in [0.4, 0.5) is 10.8 Å². The van der Waals surface area contributed by atoms with E-state index in [4.69, 9.17) is 17.0 Å². The SMILES string of the molecule is CCCCNC(=S)N/N=C\c1csc(N(C(C)=O)c2ccc(OC)cc2)n1. The normalized spacial score (nSPS) is 10.6. The highest BCUT2D eigenvalue weighted by atomic mass is 32.1. The van der Waals surface area contributed by atoms with Crippen LogP contribution in [0.15, 0.2) is 34.7 Å². The van der Waals surface area contributed by atoms with Gasteiger partial charge < -0.3 is 10.1 Å². The Labute approximate surface area is 168 Å². The highest BCUT2D eigenvalue weighted by Gasteiger charge is 2.17. The molecule has 2 N–H and O–H groups in total. The molecular weight excluding hydrogens is 382 g/mol. The summed E-state index contributed by atoms with van der Waals surface area (Å²) in [6.45, 7) is 4.43. The Balaban J connectivity index is 2.03. The van der Waals surface area contributed by atoms with Gasteiger partial charge in [-0.25, -0.2) is 4.98 Å². The molecule has 0 saturated carbocycles. The minimum absolute atomic E-state index is 0.127. The second-order valence-electron chi connectivity index (χ2n) is 5.59. The van der Waals surface area contributed by atoms with Gasteiger partial charge in [0.05, 0.1) is 24.7 Å². The number of hydrazone groups is 1. The molecule has 0 aliphatic rings. The molecule has 0 aliphatic carbocycles. The van der Waals surface area contributed by atoms with Crippen LogP contribution in [0.1, 0.15) is 32.4 Å². The van der Waals surface area contributed by atoms with E-state index in [1.54, 1.807) is 30.4 Å². The number of benzene rings is 1. The van der Waals surface area contributed by atoms with Crippen LogP contribution < -0.4 is 20.4 Å². The lowest BCUT2D eigenvalue weighted by molar-refractivity contribution is -0.115. The van der Waals surface area contributed by atoms with E-state index in [0.29, 0.717) is 15.9 Å². The summed E-state index contributed by atoms with van der Waals surface area (Å²) in [6.07, 6.45) is 3.72. The lowest BCUT2D eigenvalue weighted by atomic mass is 10.3. The lowest BCUT2D eigenvalue weighted by Crippen LogP contribution is -2.32. The molecule has 0 saturated heterocycles. The molecule has 0 bridgehead atoms. The van der Waals surface area contributed by atoms with Crippen molar-refractivity contribution in [2.24, 2.45) is 5.10 Å². The maximum Gasteiger partial charge on any atom is 0.230 e. The van der Waals surface area contributed by atoms with E-state index in [1.165, 1.54) is 18.3 Å². The zero-order chi connectivity index (χ0) is 19.6. The monoisotopic (exact) mass is 405 g/mol. The molecule has 1 aromatic carbocycles. The summed E-state index contributed by atoms with van der Waals surface area (Å²) in [5.74, 6) is 0.598. The number of thiazole rings is 1. The van der Waals surface area contributed by atoms with Gasteiger partial charge in [-0.05, 0) is 42.9 Å². The second kappa shape index (κ2) is 10.6. The number of hydrogen-bond acceptors (Lipinski definition) is 6. The van der Waals surface area contributed by atoms with Gasteiger partial charge in [-0.2, -0.15) is 5.10 Å². The molecule has 9 heteroatoms. The predicted molar refractivity (Wildman–Crippen MR) is 114 cm³/mol. The van der Waals surface area contributed by atoms with Gasteiger partial charge in [0, 0.05) is 18.8 Å². The van der Waals surface area contributed by atoms with E-state index in [9.17, 15) is 4.79 Å². The molecular formula is C18H23N5O2S2. The molecule has 1 amide bonds. The summed E-state index contributed by atoms with van der Waals surface area (Å²) in [7, 11) is 1.60. The number of rotatable bonds is 8. The molecule has 1 heterocycles. The topological polar surface area (TPSA) is 78.9 Å². The fourth-order valence-corrected chi connectivity index (χ4v) is 3.16. The first-order valence-electron chi connectivity index (χ1n) is 8.52. The van der Waals surface area contributed by atoms with Gasteiger partial charge in [0.2, 0.25) is 5.91 Å². The van der Waals surface area contributed by atoms with Crippen LogP contribution in [0, 0.1) is 0 Å². The Bertz CT molecular complexity index is 789. The van der Waals surface area contributed by atoms with Crippen LogP contribution in [0.2, 0.25) is 0 Å². The standard InChI is InChI=1S/C18H23N5O2S2/c1-4-5-10-19-17(26)22-20-11-14-12-27-18(21-14)23(13(2)24)15-6-8-16(25-3)9-7-15/h6-9,11-12H,4-5,10H2,1-3H3,(H2,19,22,26)/b20-11-. The number of aromatic nitrogens is 1. The van der Waals surface area contributed by atoms with Gasteiger partial charge in [-0.1, -0.05) is 13.3 Å². The van der Waals surface area contributed by atoms with E-state index in [2.05, 4.69) is 27.8 Å². The number of unbranched alkanes of at least 4 members (excludes halogenated alkanes) is 1. The molecule has 0 fully saturated rings. The van der Waals surface area contributed by atoms with E-state index in [-0.39, 0.29) is 5.91 Å². The summed E-state index contributed by atoms with van der Waals surface area (Å²) in [4.78, 5) is 18.1. The third-order valence-corrected chi connectivity index (χ3v) is 4.61. The fourth-order valence-electron chi connectivity index (χ4n) is 2.17. The number of carbonyl (C=O) groups excluding carboxylic acids is 1. The van der Waals surface area contributed by atoms with Gasteiger partial charge in [-0.3, -0.25) is 15.1 Å². The van der Waals surface area contributed by atoms with Crippen LogP contribution in [0.25, 0.3) is 0 Å². The van der Waals surface area contributed by atoms with Crippen LogP contribution in [-0.4, -0.2) is 35.9 Å². The summed E-state index contributed by atoms with van der Waals surface area (Å²) >= 11 is 6.49. The number of hydrogen-bond donors (Lipinski definition) is 2. The number of nitrogens with zero attached hydrogens (tertiary/aromatic N) is 3. The van der Waals surface area contributed by atoms with Gasteiger partial charge >= 0.3 is 0 Å². The number of amides is 1. The largest absolute Gasteiger partial charge is 0.497 e. The first-order chi connectivity index (χ1) is 13.0.